The number of esters is 1. The molecule has 2 aromatic heterocycles. The standard InChI is InChI=1S/C26H27N3O7S2/c1-12-8-6-7-9-16(12)36-26(33)35-15(4)34-25(32)21-18(13(2)20-19(14(3)30)23(31)29(20)21)17-10-28-11-27-22(37-5)24(28)38-17/h6-11,13-15,19-20,30H,1-5H3/t13-,14+,15?,19+,20+/m0/s1. The number of nitrogens with zero attached hydrogens (tertiary/aromatic N) is 3. The first-order chi connectivity index (χ1) is 18.1. The molecule has 5 atom stereocenters. The Morgan fingerprint density at radius 3 is 2.63 bits per heavy atom. The maximum atomic E-state index is 13.5. The van der Waals surface area contributed by atoms with E-state index in [9.17, 15) is 19.5 Å². The highest BCUT2D eigenvalue weighted by molar-refractivity contribution is 7.98. The van der Waals surface area contributed by atoms with Crippen LogP contribution in [0.15, 0.2) is 47.5 Å². The van der Waals surface area contributed by atoms with E-state index >= 15 is 0 Å². The van der Waals surface area contributed by atoms with E-state index < -0.39 is 30.4 Å². The summed E-state index contributed by atoms with van der Waals surface area (Å²) in [5.41, 5.74) is 1.48. The smallest absolute Gasteiger partial charge is 0.421 e. The summed E-state index contributed by atoms with van der Waals surface area (Å²) in [4.78, 5) is 46.3. The summed E-state index contributed by atoms with van der Waals surface area (Å²) in [5, 5.41) is 11.1. The number of ether oxygens (including phenoxy) is 3. The van der Waals surface area contributed by atoms with Crippen molar-refractivity contribution in [2.75, 3.05) is 6.26 Å². The molecule has 0 radical (unpaired) electrons. The lowest BCUT2D eigenvalue weighted by Gasteiger charge is -2.46. The van der Waals surface area contributed by atoms with Gasteiger partial charge in [0.1, 0.15) is 27.6 Å². The molecule has 10 nitrogen and oxygen atoms in total. The zero-order valence-corrected chi connectivity index (χ0v) is 23.0. The zero-order chi connectivity index (χ0) is 27.3. The van der Waals surface area contributed by atoms with Crippen molar-refractivity contribution < 1.29 is 33.7 Å². The molecule has 3 aromatic rings. The van der Waals surface area contributed by atoms with Gasteiger partial charge in [0.25, 0.3) is 0 Å². The number of aliphatic hydroxyl groups is 1. The number of aliphatic hydroxyl groups excluding tert-OH is 1. The van der Waals surface area contributed by atoms with E-state index in [1.54, 1.807) is 38.4 Å². The van der Waals surface area contributed by atoms with Gasteiger partial charge in [-0.2, -0.15) is 0 Å². The van der Waals surface area contributed by atoms with Crippen LogP contribution < -0.4 is 4.74 Å². The molecule has 1 fully saturated rings. The molecule has 0 aliphatic carbocycles. The zero-order valence-electron chi connectivity index (χ0n) is 21.4. The fraction of sp³-hybridized carbons (Fsp3) is 0.385. The van der Waals surface area contributed by atoms with Crippen LogP contribution in [0.3, 0.4) is 0 Å². The number of amides is 1. The van der Waals surface area contributed by atoms with Gasteiger partial charge in [-0.3, -0.25) is 9.20 Å². The Balaban J connectivity index is 1.42. The molecule has 0 spiro atoms. The second-order valence-electron chi connectivity index (χ2n) is 9.29. The maximum Gasteiger partial charge on any atom is 0.516 e. The first-order valence-corrected chi connectivity index (χ1v) is 14.1. The summed E-state index contributed by atoms with van der Waals surface area (Å²) in [6.07, 6.45) is 2.34. The Hall–Kier alpha value is -3.35. The van der Waals surface area contributed by atoms with Gasteiger partial charge < -0.3 is 24.2 Å². The number of carbonyl (C=O) groups is 3. The molecule has 5 rings (SSSR count). The number of carbonyl (C=O) groups excluding carboxylic acids is 3. The van der Waals surface area contributed by atoms with Crippen LogP contribution in [0.4, 0.5) is 4.79 Å². The molecule has 1 unspecified atom stereocenters. The molecule has 0 bridgehead atoms. The van der Waals surface area contributed by atoms with Gasteiger partial charge in [-0.05, 0) is 31.7 Å². The van der Waals surface area contributed by atoms with Crippen LogP contribution in [0.5, 0.6) is 5.75 Å². The van der Waals surface area contributed by atoms with Crippen LogP contribution in [0.25, 0.3) is 10.4 Å². The van der Waals surface area contributed by atoms with Gasteiger partial charge in [-0.15, -0.1) is 23.1 Å². The number of β-lactam (4-membered cyclic amide) rings is 1. The molecular weight excluding hydrogens is 530 g/mol. The summed E-state index contributed by atoms with van der Waals surface area (Å²) in [6.45, 7) is 6.68. The van der Waals surface area contributed by atoms with Gasteiger partial charge in [0.15, 0.2) is 0 Å². The minimum atomic E-state index is -1.28. The topological polar surface area (TPSA) is 120 Å². The summed E-state index contributed by atoms with van der Waals surface area (Å²) in [7, 11) is 0. The number of para-hydroxylation sites is 1. The Kier molecular flexibility index (Phi) is 6.97. The van der Waals surface area contributed by atoms with E-state index in [-0.39, 0.29) is 23.6 Å². The maximum absolute atomic E-state index is 13.5. The molecule has 1 N–H and O–H groups in total. The summed E-state index contributed by atoms with van der Waals surface area (Å²) in [5.74, 6) is -1.69. The largest absolute Gasteiger partial charge is 0.516 e. The summed E-state index contributed by atoms with van der Waals surface area (Å²) < 4.78 is 17.7. The Morgan fingerprint density at radius 2 is 1.95 bits per heavy atom. The Bertz CT molecular complexity index is 1460. The molecule has 38 heavy (non-hydrogen) atoms. The molecule has 0 saturated carbocycles. The Morgan fingerprint density at radius 1 is 1.21 bits per heavy atom. The predicted molar refractivity (Wildman–Crippen MR) is 141 cm³/mol. The molecular formula is C26H27N3O7S2. The van der Waals surface area contributed by atoms with Crippen molar-refractivity contribution in [2.24, 2.45) is 11.8 Å². The predicted octanol–water partition coefficient (Wildman–Crippen LogP) is 4.10. The summed E-state index contributed by atoms with van der Waals surface area (Å²) >= 11 is 2.98. The number of hydrogen-bond donors (Lipinski definition) is 1. The van der Waals surface area contributed by atoms with Crippen molar-refractivity contribution in [2.45, 2.75) is 51.2 Å². The van der Waals surface area contributed by atoms with Gasteiger partial charge in [0, 0.05) is 24.6 Å². The number of fused-ring (bicyclic) bond motifs is 2. The van der Waals surface area contributed by atoms with Crippen molar-refractivity contribution in [1.29, 1.82) is 0 Å². The average molecular weight is 558 g/mol. The minimum absolute atomic E-state index is 0.0929. The number of aryl methyl sites for hydroxylation is 1. The molecule has 12 heteroatoms. The third kappa shape index (κ3) is 4.36. The Labute approximate surface area is 227 Å². The molecule has 4 heterocycles. The highest BCUT2D eigenvalue weighted by Crippen LogP contribution is 2.52. The van der Waals surface area contributed by atoms with Crippen molar-refractivity contribution in [1.82, 2.24) is 14.3 Å². The minimum Gasteiger partial charge on any atom is -0.421 e. The second kappa shape index (κ2) is 10.1. The average Bonchev–Trinajstić information content (AvgIpc) is 3.49. The van der Waals surface area contributed by atoms with Gasteiger partial charge in [-0.1, -0.05) is 25.1 Å². The third-order valence-corrected chi connectivity index (χ3v) is 8.78. The highest BCUT2D eigenvalue weighted by Gasteiger charge is 2.60. The van der Waals surface area contributed by atoms with Crippen molar-refractivity contribution in [3.63, 3.8) is 0 Å². The lowest BCUT2D eigenvalue weighted by atomic mass is 9.77. The van der Waals surface area contributed by atoms with Crippen LogP contribution in [0.1, 0.15) is 31.2 Å². The van der Waals surface area contributed by atoms with Crippen LogP contribution >= 0.6 is 23.1 Å². The molecule has 200 valence electrons. The summed E-state index contributed by atoms with van der Waals surface area (Å²) in [6, 6.07) is 6.56. The van der Waals surface area contributed by atoms with E-state index in [1.165, 1.54) is 34.9 Å². The lowest BCUT2D eigenvalue weighted by molar-refractivity contribution is -0.172. The quantitative estimate of drug-likeness (QED) is 0.151. The highest BCUT2D eigenvalue weighted by atomic mass is 32.2. The van der Waals surface area contributed by atoms with Crippen molar-refractivity contribution in [3.05, 3.63) is 52.9 Å². The van der Waals surface area contributed by atoms with E-state index in [0.29, 0.717) is 11.3 Å². The molecule has 1 amide bonds. The fourth-order valence-corrected chi connectivity index (χ4v) is 7.00. The SMILES string of the molecule is CSc1ncn2cc(C3=C(C(=O)OC(C)OC(=O)Oc4ccccc4C)N4C(=O)[C@H]([C@@H](C)O)[C@H]4[C@H]3C)sc12. The number of rotatable bonds is 7. The second-order valence-corrected chi connectivity index (χ2v) is 11.1. The molecule has 2 aliphatic heterocycles. The first kappa shape index (κ1) is 26.3. The normalized spacial score (nSPS) is 22.2. The number of thioether (sulfide) groups is 1. The number of benzene rings is 1. The van der Waals surface area contributed by atoms with E-state index in [0.717, 1.165) is 20.3 Å². The van der Waals surface area contributed by atoms with Crippen LogP contribution in [-0.4, -0.2) is 62.1 Å². The molecule has 1 aromatic carbocycles. The number of aromatic nitrogens is 2. The van der Waals surface area contributed by atoms with Crippen LogP contribution in [0, 0.1) is 18.8 Å². The van der Waals surface area contributed by atoms with Gasteiger partial charge in [0.05, 0.1) is 22.9 Å². The van der Waals surface area contributed by atoms with Crippen LogP contribution in [0.2, 0.25) is 0 Å². The number of hydrogen-bond acceptors (Lipinski definition) is 10. The monoisotopic (exact) mass is 557 g/mol. The van der Waals surface area contributed by atoms with E-state index in [1.807, 2.05) is 29.8 Å². The van der Waals surface area contributed by atoms with E-state index in [4.69, 9.17) is 14.2 Å². The van der Waals surface area contributed by atoms with Crippen molar-refractivity contribution >= 4 is 51.5 Å². The fourth-order valence-electron chi connectivity index (χ4n) is 5.08. The van der Waals surface area contributed by atoms with E-state index in [2.05, 4.69) is 4.98 Å². The number of thiazole rings is 1. The van der Waals surface area contributed by atoms with Crippen LogP contribution in [-0.2, 0) is 19.1 Å². The molecule has 1 saturated heterocycles. The molecule has 2 aliphatic rings. The third-order valence-electron chi connectivity index (χ3n) is 6.83. The first-order valence-electron chi connectivity index (χ1n) is 12.0. The van der Waals surface area contributed by atoms with Crippen molar-refractivity contribution in [3.8, 4) is 5.75 Å². The van der Waals surface area contributed by atoms with Gasteiger partial charge in [-0.25, -0.2) is 14.6 Å². The lowest BCUT2D eigenvalue weighted by Crippen LogP contribution is -2.63. The number of imidazole rings is 1. The van der Waals surface area contributed by atoms with Gasteiger partial charge >= 0.3 is 12.1 Å². The van der Waals surface area contributed by atoms with Gasteiger partial charge in [0.2, 0.25) is 12.2 Å².